The van der Waals surface area contributed by atoms with Gasteiger partial charge >= 0.3 is 0 Å². The second-order valence-corrected chi connectivity index (χ2v) is 5.65. The molecule has 0 aliphatic carbocycles. The maximum atomic E-state index is 12.1. The Bertz CT molecular complexity index is 467. The minimum atomic E-state index is -0.483. The zero-order valence-corrected chi connectivity index (χ0v) is 11.5. The van der Waals surface area contributed by atoms with E-state index in [0.717, 1.165) is 26.1 Å². The summed E-state index contributed by atoms with van der Waals surface area (Å²) in [5.41, 5.74) is 2.62. The lowest BCUT2D eigenvalue weighted by Gasteiger charge is -2.29. The topological polar surface area (TPSA) is 64.6 Å². The van der Waals surface area contributed by atoms with Crippen molar-refractivity contribution in [3.8, 4) is 0 Å². The van der Waals surface area contributed by atoms with Gasteiger partial charge in [-0.3, -0.25) is 9.69 Å². The second-order valence-electron chi connectivity index (χ2n) is 5.65. The summed E-state index contributed by atoms with van der Waals surface area (Å²) in [5.74, 6) is 0.00348. The molecule has 108 valence electrons. The molecule has 2 aliphatic rings. The molecule has 0 saturated carbocycles. The first-order valence-corrected chi connectivity index (χ1v) is 7.19. The third-order valence-electron chi connectivity index (χ3n) is 4.07. The van der Waals surface area contributed by atoms with Gasteiger partial charge in [0.05, 0.1) is 18.7 Å². The molecule has 3 N–H and O–H groups in total. The van der Waals surface area contributed by atoms with E-state index in [9.17, 15) is 9.90 Å². The standard InChI is InChI=1S/C15H21N3O2/c19-14-7-16-6-5-13(14)17-15(20)10-18-8-11-3-1-2-4-12(11)9-18/h1-4,13-14,16,19H,5-10H2,(H,17,20)/t13-,14-/m1/s1. The van der Waals surface area contributed by atoms with Gasteiger partial charge in [0.15, 0.2) is 0 Å². The minimum absolute atomic E-state index is 0.00348. The monoisotopic (exact) mass is 275 g/mol. The van der Waals surface area contributed by atoms with E-state index in [1.807, 2.05) is 12.1 Å². The normalized spacial score (nSPS) is 26.2. The Morgan fingerprint density at radius 3 is 2.70 bits per heavy atom. The Morgan fingerprint density at radius 1 is 1.35 bits per heavy atom. The summed E-state index contributed by atoms with van der Waals surface area (Å²) >= 11 is 0. The molecule has 20 heavy (non-hydrogen) atoms. The highest BCUT2D eigenvalue weighted by Gasteiger charge is 2.26. The molecule has 0 unspecified atom stereocenters. The van der Waals surface area contributed by atoms with E-state index in [1.54, 1.807) is 0 Å². The van der Waals surface area contributed by atoms with Crippen molar-refractivity contribution in [2.75, 3.05) is 19.6 Å². The fraction of sp³-hybridized carbons (Fsp3) is 0.533. The number of fused-ring (bicyclic) bond motifs is 1. The van der Waals surface area contributed by atoms with Crippen molar-refractivity contribution in [2.45, 2.75) is 31.7 Å². The van der Waals surface area contributed by atoms with E-state index in [4.69, 9.17) is 0 Å². The van der Waals surface area contributed by atoms with Crippen molar-refractivity contribution in [1.29, 1.82) is 0 Å². The highest BCUT2D eigenvalue weighted by molar-refractivity contribution is 5.78. The lowest BCUT2D eigenvalue weighted by Crippen LogP contribution is -2.54. The average molecular weight is 275 g/mol. The van der Waals surface area contributed by atoms with Crippen LogP contribution in [0.3, 0.4) is 0 Å². The van der Waals surface area contributed by atoms with Crippen LogP contribution in [-0.2, 0) is 17.9 Å². The maximum absolute atomic E-state index is 12.1. The minimum Gasteiger partial charge on any atom is -0.390 e. The maximum Gasteiger partial charge on any atom is 0.234 e. The second kappa shape index (κ2) is 5.91. The molecule has 2 heterocycles. The predicted octanol–water partition coefficient (Wildman–Crippen LogP) is -0.159. The lowest BCUT2D eigenvalue weighted by atomic mass is 10.0. The van der Waals surface area contributed by atoms with Crippen LogP contribution in [0.25, 0.3) is 0 Å². The van der Waals surface area contributed by atoms with E-state index < -0.39 is 6.10 Å². The van der Waals surface area contributed by atoms with Crippen molar-refractivity contribution in [3.63, 3.8) is 0 Å². The van der Waals surface area contributed by atoms with Crippen molar-refractivity contribution in [3.05, 3.63) is 35.4 Å². The van der Waals surface area contributed by atoms with Crippen LogP contribution in [0, 0.1) is 0 Å². The molecular formula is C15H21N3O2. The molecule has 1 fully saturated rings. The molecule has 1 saturated heterocycles. The van der Waals surface area contributed by atoms with Gasteiger partial charge < -0.3 is 15.7 Å². The molecule has 1 aromatic carbocycles. The molecule has 5 heteroatoms. The number of hydrogen-bond acceptors (Lipinski definition) is 4. The Labute approximate surface area is 119 Å². The smallest absolute Gasteiger partial charge is 0.234 e. The molecule has 0 bridgehead atoms. The van der Waals surface area contributed by atoms with E-state index in [0.29, 0.717) is 13.1 Å². The Hall–Kier alpha value is -1.43. The number of nitrogens with one attached hydrogen (secondary N) is 2. The summed E-state index contributed by atoms with van der Waals surface area (Å²) in [4.78, 5) is 14.2. The molecule has 0 spiro atoms. The van der Waals surface area contributed by atoms with Crippen LogP contribution in [0.5, 0.6) is 0 Å². The van der Waals surface area contributed by atoms with Crippen LogP contribution >= 0.6 is 0 Å². The van der Waals surface area contributed by atoms with Gasteiger partial charge in [0, 0.05) is 19.6 Å². The van der Waals surface area contributed by atoms with Gasteiger partial charge in [-0.15, -0.1) is 0 Å². The summed E-state index contributed by atoms with van der Waals surface area (Å²) in [5, 5.41) is 15.9. The number of benzene rings is 1. The number of amides is 1. The van der Waals surface area contributed by atoms with Gasteiger partial charge in [-0.05, 0) is 24.1 Å². The van der Waals surface area contributed by atoms with E-state index in [-0.39, 0.29) is 11.9 Å². The number of nitrogens with zero attached hydrogens (tertiary/aromatic N) is 1. The van der Waals surface area contributed by atoms with E-state index in [2.05, 4.69) is 27.7 Å². The molecule has 3 rings (SSSR count). The quantitative estimate of drug-likeness (QED) is 0.717. The zero-order valence-electron chi connectivity index (χ0n) is 11.5. The molecule has 1 amide bonds. The number of carbonyl (C=O) groups excluding carboxylic acids is 1. The van der Waals surface area contributed by atoms with Crippen molar-refractivity contribution in [1.82, 2.24) is 15.5 Å². The van der Waals surface area contributed by atoms with Crippen molar-refractivity contribution < 1.29 is 9.90 Å². The highest BCUT2D eigenvalue weighted by atomic mass is 16.3. The third kappa shape index (κ3) is 3.00. The fourth-order valence-electron chi connectivity index (χ4n) is 2.98. The zero-order chi connectivity index (χ0) is 13.9. The van der Waals surface area contributed by atoms with Gasteiger partial charge in [-0.1, -0.05) is 24.3 Å². The number of hydrogen-bond donors (Lipinski definition) is 3. The van der Waals surface area contributed by atoms with Gasteiger partial charge in [0.2, 0.25) is 5.91 Å². The molecule has 2 aliphatic heterocycles. The molecular weight excluding hydrogens is 254 g/mol. The van der Waals surface area contributed by atoms with Gasteiger partial charge in [0.25, 0.3) is 0 Å². The number of β-amino-alcohol motifs (C(OH)–C–C–N with tert-alkyl or cyclic N) is 1. The molecule has 5 nitrogen and oxygen atoms in total. The summed E-state index contributed by atoms with van der Waals surface area (Å²) in [6, 6.07) is 8.18. The van der Waals surface area contributed by atoms with Crippen LogP contribution in [0.1, 0.15) is 17.5 Å². The van der Waals surface area contributed by atoms with Crippen LogP contribution < -0.4 is 10.6 Å². The lowest BCUT2D eigenvalue weighted by molar-refractivity contribution is -0.124. The summed E-state index contributed by atoms with van der Waals surface area (Å²) in [6.45, 7) is 3.46. The number of rotatable bonds is 3. The van der Waals surface area contributed by atoms with Crippen LogP contribution in [0.15, 0.2) is 24.3 Å². The number of aliphatic hydroxyl groups is 1. The third-order valence-corrected chi connectivity index (χ3v) is 4.07. The first kappa shape index (κ1) is 13.5. The van der Waals surface area contributed by atoms with E-state index >= 15 is 0 Å². The molecule has 1 aromatic rings. The highest BCUT2D eigenvalue weighted by Crippen LogP contribution is 2.21. The van der Waals surface area contributed by atoms with Crippen LogP contribution in [0.2, 0.25) is 0 Å². The van der Waals surface area contributed by atoms with Gasteiger partial charge in [-0.25, -0.2) is 0 Å². The molecule has 0 aromatic heterocycles. The fourth-order valence-corrected chi connectivity index (χ4v) is 2.98. The predicted molar refractivity (Wildman–Crippen MR) is 76.0 cm³/mol. The van der Waals surface area contributed by atoms with Gasteiger partial charge in [0.1, 0.15) is 0 Å². The first-order valence-electron chi connectivity index (χ1n) is 7.19. The summed E-state index contributed by atoms with van der Waals surface area (Å²) in [6.07, 6.45) is 0.302. The van der Waals surface area contributed by atoms with Crippen LogP contribution in [-0.4, -0.2) is 47.7 Å². The van der Waals surface area contributed by atoms with Crippen molar-refractivity contribution in [2.24, 2.45) is 0 Å². The first-order chi connectivity index (χ1) is 9.72. The number of aliphatic hydroxyl groups excluding tert-OH is 1. The van der Waals surface area contributed by atoms with E-state index in [1.165, 1.54) is 11.1 Å². The Morgan fingerprint density at radius 2 is 2.05 bits per heavy atom. The van der Waals surface area contributed by atoms with Gasteiger partial charge in [-0.2, -0.15) is 0 Å². The van der Waals surface area contributed by atoms with Crippen molar-refractivity contribution >= 4 is 5.91 Å². The summed E-state index contributed by atoms with van der Waals surface area (Å²) in [7, 11) is 0. The number of carbonyl (C=O) groups is 1. The molecule has 0 radical (unpaired) electrons. The Balaban J connectivity index is 1.51. The largest absolute Gasteiger partial charge is 0.390 e. The Kier molecular flexibility index (Phi) is 4.00. The average Bonchev–Trinajstić information content (AvgIpc) is 2.83. The SMILES string of the molecule is O=C(CN1Cc2ccccc2C1)N[C@@H]1CCNC[C@H]1O. The number of piperidine rings is 1. The summed E-state index contributed by atoms with van der Waals surface area (Å²) < 4.78 is 0. The molecule has 2 atom stereocenters. The van der Waals surface area contributed by atoms with Crippen LogP contribution in [0.4, 0.5) is 0 Å².